The van der Waals surface area contributed by atoms with E-state index >= 15 is 0 Å². The predicted molar refractivity (Wildman–Crippen MR) is 124 cm³/mol. The molecule has 0 aliphatic heterocycles. The molecule has 4 N–H and O–H groups in total. The van der Waals surface area contributed by atoms with E-state index in [1.54, 1.807) is 49.6 Å². The van der Waals surface area contributed by atoms with Gasteiger partial charge in [0.2, 0.25) is 0 Å². The van der Waals surface area contributed by atoms with E-state index < -0.39 is 24.1 Å². The largest absolute Gasteiger partial charge is 0.480 e. The Balaban J connectivity index is 1.86. The van der Waals surface area contributed by atoms with Gasteiger partial charge in [-0.15, -0.1) is 0 Å². The lowest BCUT2D eigenvalue weighted by atomic mass is 9.98. The zero-order chi connectivity index (χ0) is 23.6. The average Bonchev–Trinajstić information content (AvgIpc) is 2.80. The molecule has 1 atom stereocenters. The third-order valence-corrected chi connectivity index (χ3v) is 4.66. The zero-order valence-corrected chi connectivity index (χ0v) is 17.9. The molecule has 3 rings (SSSR count). The summed E-state index contributed by atoms with van der Waals surface area (Å²) in [7, 11) is 0. The van der Waals surface area contributed by atoms with E-state index in [1.165, 1.54) is 0 Å². The van der Waals surface area contributed by atoms with Crippen molar-refractivity contribution in [2.75, 3.05) is 17.2 Å². The van der Waals surface area contributed by atoms with E-state index in [9.17, 15) is 19.5 Å². The van der Waals surface area contributed by atoms with E-state index in [1.807, 2.05) is 30.3 Å². The van der Waals surface area contributed by atoms with Crippen LogP contribution in [0.5, 0.6) is 0 Å². The highest BCUT2D eigenvalue weighted by Crippen LogP contribution is 2.29. The van der Waals surface area contributed by atoms with Crippen molar-refractivity contribution in [3.05, 3.63) is 78.6 Å². The van der Waals surface area contributed by atoms with Gasteiger partial charge in [-0.2, -0.15) is 0 Å². The number of benzene rings is 2. The minimum atomic E-state index is -1.19. The highest BCUT2D eigenvalue weighted by Gasteiger charge is 2.22. The van der Waals surface area contributed by atoms with Crippen LogP contribution >= 0.6 is 0 Å². The molecule has 33 heavy (non-hydrogen) atoms. The number of aromatic nitrogens is 1. The molecule has 0 bridgehead atoms. The Labute approximate surface area is 190 Å². The molecular formula is C24H24N4O5. The number of anilines is 2. The first-order valence-corrected chi connectivity index (χ1v) is 10.3. The third-order valence-electron chi connectivity index (χ3n) is 4.66. The maximum atomic E-state index is 12.6. The third kappa shape index (κ3) is 6.79. The van der Waals surface area contributed by atoms with Crippen molar-refractivity contribution in [2.24, 2.45) is 0 Å². The number of ether oxygens (including phenoxy) is 1. The molecule has 170 valence electrons. The van der Waals surface area contributed by atoms with E-state index in [0.717, 1.165) is 11.1 Å². The predicted octanol–water partition coefficient (Wildman–Crippen LogP) is 4.13. The van der Waals surface area contributed by atoms with Crippen LogP contribution in [0.25, 0.3) is 11.1 Å². The smallest absolute Gasteiger partial charge is 0.407 e. The number of aliphatic carboxylic acids is 1. The van der Waals surface area contributed by atoms with Crippen LogP contribution in [0.1, 0.15) is 12.5 Å². The molecule has 9 nitrogen and oxygen atoms in total. The van der Waals surface area contributed by atoms with Gasteiger partial charge in [0.15, 0.2) is 0 Å². The Hall–Kier alpha value is -4.40. The summed E-state index contributed by atoms with van der Waals surface area (Å²) in [5.74, 6) is -1.19. The second kappa shape index (κ2) is 11.3. The Morgan fingerprint density at radius 1 is 1.00 bits per heavy atom. The molecule has 0 saturated carbocycles. The standard InChI is InChI=1S/C24H24N4O5/c1-2-33-24(32)28-21(22(29)30)15-16-8-9-19(17-6-4-3-5-7-17)20(14-16)27-23(31)26-18-10-12-25-13-11-18/h3-14,21H,2,15H2,1H3,(H,28,32)(H,29,30)(H2,25,26,27,31). The summed E-state index contributed by atoms with van der Waals surface area (Å²) in [4.78, 5) is 39.9. The molecule has 9 heteroatoms. The summed E-state index contributed by atoms with van der Waals surface area (Å²) in [5, 5.41) is 17.4. The molecule has 1 heterocycles. The quantitative estimate of drug-likeness (QED) is 0.410. The van der Waals surface area contributed by atoms with Crippen molar-refractivity contribution < 1.29 is 24.2 Å². The summed E-state index contributed by atoms with van der Waals surface area (Å²) in [5.41, 5.74) is 3.31. The second-order valence-electron chi connectivity index (χ2n) is 7.02. The Morgan fingerprint density at radius 2 is 1.73 bits per heavy atom. The maximum Gasteiger partial charge on any atom is 0.407 e. The first-order valence-electron chi connectivity index (χ1n) is 10.3. The molecule has 3 amide bonds. The molecule has 0 aliphatic carbocycles. The van der Waals surface area contributed by atoms with Crippen LogP contribution in [0.3, 0.4) is 0 Å². The van der Waals surface area contributed by atoms with Gasteiger partial charge in [0.1, 0.15) is 6.04 Å². The van der Waals surface area contributed by atoms with Crippen molar-refractivity contribution in [1.29, 1.82) is 0 Å². The van der Waals surface area contributed by atoms with Gasteiger partial charge in [-0.25, -0.2) is 14.4 Å². The van der Waals surface area contributed by atoms with Gasteiger partial charge in [-0.1, -0.05) is 42.5 Å². The number of carboxylic acid groups (broad SMARTS) is 1. The van der Waals surface area contributed by atoms with Crippen molar-refractivity contribution in [1.82, 2.24) is 10.3 Å². The number of hydrogen-bond acceptors (Lipinski definition) is 5. The molecule has 0 aliphatic rings. The number of rotatable bonds is 8. The van der Waals surface area contributed by atoms with Crippen molar-refractivity contribution in [3.63, 3.8) is 0 Å². The number of urea groups is 1. The van der Waals surface area contributed by atoms with E-state index in [-0.39, 0.29) is 13.0 Å². The van der Waals surface area contributed by atoms with Gasteiger partial charge < -0.3 is 25.8 Å². The summed E-state index contributed by atoms with van der Waals surface area (Å²) < 4.78 is 4.79. The molecule has 1 aromatic heterocycles. The van der Waals surface area contributed by atoms with Gasteiger partial charge in [0, 0.05) is 30.1 Å². The molecule has 0 saturated heterocycles. The number of amides is 3. The normalized spacial score (nSPS) is 11.2. The second-order valence-corrected chi connectivity index (χ2v) is 7.02. The first-order chi connectivity index (χ1) is 16.0. The van der Waals surface area contributed by atoms with Gasteiger partial charge in [-0.3, -0.25) is 4.98 Å². The van der Waals surface area contributed by atoms with Gasteiger partial charge in [-0.05, 0) is 36.2 Å². The van der Waals surface area contributed by atoms with E-state index in [2.05, 4.69) is 20.9 Å². The SMILES string of the molecule is CCOC(=O)NC(Cc1ccc(-c2ccccc2)c(NC(=O)Nc2ccncc2)c1)C(=O)O. The van der Waals surface area contributed by atoms with Crippen molar-refractivity contribution >= 4 is 29.5 Å². The average molecular weight is 448 g/mol. The monoisotopic (exact) mass is 448 g/mol. The fraction of sp³-hybridized carbons (Fsp3) is 0.167. The number of carbonyl (C=O) groups excluding carboxylic acids is 2. The maximum absolute atomic E-state index is 12.6. The van der Waals surface area contributed by atoms with Gasteiger partial charge in [0.05, 0.1) is 12.3 Å². The van der Waals surface area contributed by atoms with E-state index in [4.69, 9.17) is 4.74 Å². The molecule has 2 aromatic carbocycles. The zero-order valence-electron chi connectivity index (χ0n) is 17.9. The lowest BCUT2D eigenvalue weighted by molar-refractivity contribution is -0.139. The van der Waals surface area contributed by atoms with Gasteiger partial charge in [0.25, 0.3) is 0 Å². The number of carbonyl (C=O) groups is 3. The Kier molecular flexibility index (Phi) is 7.96. The highest BCUT2D eigenvalue weighted by molar-refractivity contribution is 6.02. The van der Waals surface area contributed by atoms with Crippen LogP contribution < -0.4 is 16.0 Å². The fourth-order valence-electron chi connectivity index (χ4n) is 3.16. The number of pyridine rings is 1. The molecule has 3 aromatic rings. The number of nitrogens with zero attached hydrogens (tertiary/aromatic N) is 1. The summed E-state index contributed by atoms with van der Waals surface area (Å²) >= 11 is 0. The summed E-state index contributed by atoms with van der Waals surface area (Å²) in [6, 6.07) is 16.4. The number of carboxylic acids is 1. The minimum absolute atomic E-state index is 0.00384. The van der Waals surface area contributed by atoms with Crippen molar-refractivity contribution in [2.45, 2.75) is 19.4 Å². The molecular weight excluding hydrogens is 424 g/mol. The van der Waals surface area contributed by atoms with Crippen LogP contribution in [-0.2, 0) is 16.0 Å². The summed E-state index contributed by atoms with van der Waals surface area (Å²) in [6.45, 7) is 1.76. The van der Waals surface area contributed by atoms with Crippen LogP contribution in [0.2, 0.25) is 0 Å². The Morgan fingerprint density at radius 3 is 2.39 bits per heavy atom. The minimum Gasteiger partial charge on any atom is -0.480 e. The lowest BCUT2D eigenvalue weighted by Crippen LogP contribution is -2.42. The van der Waals surface area contributed by atoms with Crippen LogP contribution in [0.15, 0.2) is 73.1 Å². The molecule has 0 radical (unpaired) electrons. The van der Waals surface area contributed by atoms with Gasteiger partial charge >= 0.3 is 18.1 Å². The van der Waals surface area contributed by atoms with Crippen molar-refractivity contribution in [3.8, 4) is 11.1 Å². The molecule has 0 spiro atoms. The first kappa shape index (κ1) is 23.3. The van der Waals surface area contributed by atoms with E-state index in [0.29, 0.717) is 16.9 Å². The molecule has 0 fully saturated rings. The summed E-state index contributed by atoms with van der Waals surface area (Å²) in [6.07, 6.45) is 2.33. The highest BCUT2D eigenvalue weighted by atomic mass is 16.5. The molecule has 1 unspecified atom stereocenters. The number of hydrogen-bond donors (Lipinski definition) is 4. The van der Waals surface area contributed by atoms with Crippen LogP contribution in [-0.4, -0.2) is 40.8 Å². The van der Waals surface area contributed by atoms with Crippen LogP contribution in [0, 0.1) is 0 Å². The number of nitrogens with one attached hydrogen (secondary N) is 3. The number of alkyl carbamates (subject to hydrolysis) is 1. The van der Waals surface area contributed by atoms with Crippen LogP contribution in [0.4, 0.5) is 21.0 Å². The fourth-order valence-corrected chi connectivity index (χ4v) is 3.16. The lowest BCUT2D eigenvalue weighted by Gasteiger charge is -2.17. The topological polar surface area (TPSA) is 130 Å². The Bertz CT molecular complexity index is 1110.